The van der Waals surface area contributed by atoms with Crippen molar-refractivity contribution < 1.29 is 4.79 Å². The van der Waals surface area contributed by atoms with Gasteiger partial charge in [0.1, 0.15) is 5.54 Å². The number of carbonyl (C=O) groups is 1. The second-order valence-corrected chi connectivity index (χ2v) is 6.01. The maximum atomic E-state index is 11.9. The fourth-order valence-electron chi connectivity index (χ4n) is 3.47. The topological polar surface area (TPSA) is 46.3 Å². The molecule has 1 aromatic carbocycles. The van der Waals surface area contributed by atoms with Crippen molar-refractivity contribution in [1.29, 1.82) is 0 Å². The molecule has 0 spiro atoms. The Hall–Kier alpha value is -1.06. The molecular weight excluding hydrogens is 260 g/mol. The molecule has 0 aromatic heterocycles. The monoisotopic (exact) mass is 277 g/mol. The highest BCUT2D eigenvalue weighted by Crippen LogP contribution is 2.44. The van der Waals surface area contributed by atoms with E-state index >= 15 is 0 Å². The Morgan fingerprint density at radius 2 is 2.16 bits per heavy atom. The first-order valence-electron chi connectivity index (χ1n) is 6.74. The van der Waals surface area contributed by atoms with Crippen molar-refractivity contribution in [2.24, 2.45) is 5.73 Å². The molecule has 2 N–H and O–H groups in total. The largest absolute Gasteiger partial charge is 0.368 e. The second-order valence-electron chi connectivity index (χ2n) is 5.57. The van der Waals surface area contributed by atoms with E-state index in [0.29, 0.717) is 6.04 Å². The normalized spacial score (nSPS) is 30.5. The minimum atomic E-state index is -0.456. The number of primary amides is 1. The van der Waals surface area contributed by atoms with Crippen molar-refractivity contribution in [3.63, 3.8) is 0 Å². The third kappa shape index (κ3) is 2.15. The minimum absolute atomic E-state index is 0.181. The van der Waals surface area contributed by atoms with E-state index in [1.807, 2.05) is 24.3 Å². The van der Waals surface area contributed by atoms with Gasteiger partial charge in [-0.15, -0.1) is 0 Å². The summed E-state index contributed by atoms with van der Waals surface area (Å²) < 4.78 is 0. The molecule has 2 saturated heterocycles. The highest BCUT2D eigenvalue weighted by atomic mass is 35.5. The van der Waals surface area contributed by atoms with Crippen LogP contribution in [0.3, 0.4) is 0 Å². The third-order valence-electron chi connectivity index (χ3n) is 4.53. The molecule has 2 aliphatic rings. The summed E-state index contributed by atoms with van der Waals surface area (Å²) in [6, 6.07) is 8.29. The van der Waals surface area contributed by atoms with Crippen molar-refractivity contribution in [2.45, 2.75) is 43.8 Å². The van der Waals surface area contributed by atoms with E-state index < -0.39 is 5.54 Å². The van der Waals surface area contributed by atoms with Crippen LogP contribution >= 0.6 is 11.6 Å². The molecule has 101 valence electrons. The zero-order valence-electron chi connectivity index (χ0n) is 10.8. The van der Waals surface area contributed by atoms with E-state index in [4.69, 9.17) is 17.3 Å². The molecule has 19 heavy (non-hydrogen) atoms. The van der Waals surface area contributed by atoms with Gasteiger partial charge in [-0.3, -0.25) is 9.69 Å². The van der Waals surface area contributed by atoms with Crippen molar-refractivity contribution in [1.82, 2.24) is 4.90 Å². The minimum Gasteiger partial charge on any atom is -0.368 e. The predicted molar refractivity (Wildman–Crippen MR) is 75.5 cm³/mol. The van der Waals surface area contributed by atoms with Crippen LogP contribution in [0, 0.1) is 6.42 Å². The molecule has 2 fully saturated rings. The molecule has 0 saturated carbocycles. The van der Waals surface area contributed by atoms with Crippen LogP contribution in [0.5, 0.6) is 0 Å². The summed E-state index contributed by atoms with van der Waals surface area (Å²) in [7, 11) is 0. The lowest BCUT2D eigenvalue weighted by atomic mass is 9.87. The molecule has 1 aromatic rings. The Balaban J connectivity index is 1.86. The maximum absolute atomic E-state index is 11.9. The Morgan fingerprint density at radius 3 is 2.84 bits per heavy atom. The Morgan fingerprint density at radius 1 is 1.42 bits per heavy atom. The number of hydrogen-bond acceptors (Lipinski definition) is 2. The molecule has 3 nitrogen and oxygen atoms in total. The van der Waals surface area contributed by atoms with Gasteiger partial charge >= 0.3 is 0 Å². The van der Waals surface area contributed by atoms with Gasteiger partial charge in [0.2, 0.25) is 5.91 Å². The van der Waals surface area contributed by atoms with Crippen LogP contribution in [0.25, 0.3) is 0 Å². The van der Waals surface area contributed by atoms with Crippen LogP contribution in [0.15, 0.2) is 24.3 Å². The van der Waals surface area contributed by atoms with E-state index in [9.17, 15) is 4.79 Å². The Bertz CT molecular complexity index is 483. The number of benzene rings is 1. The number of amides is 1. The number of nitrogens with two attached hydrogens (primary N) is 1. The summed E-state index contributed by atoms with van der Waals surface area (Å²) in [5.74, 6) is -0.181. The van der Waals surface area contributed by atoms with Crippen molar-refractivity contribution in [3.05, 3.63) is 41.3 Å². The lowest BCUT2D eigenvalue weighted by Crippen LogP contribution is -2.57. The van der Waals surface area contributed by atoms with E-state index in [2.05, 4.69) is 11.3 Å². The number of hydrogen-bond donors (Lipinski definition) is 1. The zero-order chi connectivity index (χ0) is 13.5. The molecule has 2 bridgehead atoms. The summed E-state index contributed by atoms with van der Waals surface area (Å²) >= 11 is 5.91. The molecule has 2 aliphatic heterocycles. The summed E-state index contributed by atoms with van der Waals surface area (Å²) in [4.78, 5) is 14.2. The van der Waals surface area contributed by atoms with Gasteiger partial charge in [-0.25, -0.2) is 0 Å². The molecule has 0 aliphatic carbocycles. The Labute approximate surface area is 118 Å². The smallest absolute Gasteiger partial charge is 0.237 e. The standard InChI is InChI=1S/C15H18ClN2O/c16-12-5-3-11(4-6-12)10-18-13-2-1-8-15(18,9-7-13)14(17)19/h1,3-6,13H,2,7-10H2,(H2,17,19). The molecule has 2 atom stereocenters. The van der Waals surface area contributed by atoms with Crippen LogP contribution in [0.4, 0.5) is 0 Å². The lowest BCUT2D eigenvalue weighted by molar-refractivity contribution is -0.131. The average Bonchev–Trinajstić information content (AvgIpc) is 2.60. The lowest BCUT2D eigenvalue weighted by Gasteiger charge is -2.42. The molecule has 2 unspecified atom stereocenters. The predicted octanol–water partition coefficient (Wildman–Crippen LogP) is 2.53. The molecule has 2 heterocycles. The van der Waals surface area contributed by atoms with Crippen LogP contribution in [-0.4, -0.2) is 22.4 Å². The number of rotatable bonds is 3. The van der Waals surface area contributed by atoms with Crippen molar-refractivity contribution in [2.75, 3.05) is 0 Å². The summed E-state index contributed by atoms with van der Waals surface area (Å²) in [5, 5.41) is 0.739. The van der Waals surface area contributed by atoms with Gasteiger partial charge in [0.05, 0.1) is 0 Å². The SMILES string of the molecule is NC(=O)C12C[CH]CC(CC1)N2Cc1ccc(Cl)cc1. The average molecular weight is 278 g/mol. The van der Waals surface area contributed by atoms with Crippen LogP contribution in [-0.2, 0) is 11.3 Å². The first-order valence-corrected chi connectivity index (χ1v) is 7.12. The number of piperidine rings is 1. The highest BCUT2D eigenvalue weighted by molar-refractivity contribution is 6.30. The van der Waals surface area contributed by atoms with Gasteiger partial charge in [-0.2, -0.15) is 0 Å². The fourth-order valence-corrected chi connectivity index (χ4v) is 3.59. The van der Waals surface area contributed by atoms with Gasteiger partial charge in [-0.05, 0) is 49.8 Å². The quantitative estimate of drug-likeness (QED) is 0.923. The molecule has 1 amide bonds. The van der Waals surface area contributed by atoms with Crippen molar-refractivity contribution >= 4 is 17.5 Å². The summed E-state index contributed by atoms with van der Waals surface area (Å²) in [6.45, 7) is 0.776. The van der Waals surface area contributed by atoms with Crippen LogP contribution in [0.1, 0.15) is 31.2 Å². The number of halogens is 1. The Kier molecular flexibility index (Phi) is 3.27. The van der Waals surface area contributed by atoms with Gasteiger partial charge in [0, 0.05) is 17.6 Å². The molecular formula is C15H18ClN2O. The fraction of sp³-hybridized carbons (Fsp3) is 0.467. The van der Waals surface area contributed by atoms with Crippen LogP contribution < -0.4 is 5.73 Å². The number of nitrogens with zero attached hydrogens (tertiary/aromatic N) is 1. The third-order valence-corrected chi connectivity index (χ3v) is 4.78. The first kappa shape index (κ1) is 12.9. The van der Waals surface area contributed by atoms with E-state index in [1.165, 1.54) is 5.56 Å². The first-order chi connectivity index (χ1) is 9.12. The van der Waals surface area contributed by atoms with E-state index in [0.717, 1.165) is 37.3 Å². The highest BCUT2D eigenvalue weighted by Gasteiger charge is 2.52. The number of fused-ring (bicyclic) bond motifs is 2. The van der Waals surface area contributed by atoms with Gasteiger partial charge in [0.25, 0.3) is 0 Å². The maximum Gasteiger partial charge on any atom is 0.237 e. The van der Waals surface area contributed by atoms with Crippen LogP contribution in [0.2, 0.25) is 5.02 Å². The zero-order valence-corrected chi connectivity index (χ0v) is 11.6. The molecule has 1 radical (unpaired) electrons. The van der Waals surface area contributed by atoms with Crippen molar-refractivity contribution in [3.8, 4) is 0 Å². The summed E-state index contributed by atoms with van der Waals surface area (Å²) in [6.07, 6.45) is 6.01. The molecule has 4 heteroatoms. The second kappa shape index (κ2) is 4.80. The van der Waals surface area contributed by atoms with Gasteiger partial charge in [0.15, 0.2) is 0 Å². The van der Waals surface area contributed by atoms with Gasteiger partial charge < -0.3 is 5.73 Å². The van der Waals surface area contributed by atoms with E-state index in [1.54, 1.807) is 0 Å². The van der Waals surface area contributed by atoms with E-state index in [-0.39, 0.29) is 5.91 Å². The van der Waals surface area contributed by atoms with Gasteiger partial charge in [-0.1, -0.05) is 23.7 Å². The molecule has 3 rings (SSSR count). The summed E-state index contributed by atoms with van der Waals surface area (Å²) in [5.41, 5.74) is 6.41. The number of carbonyl (C=O) groups excluding carboxylic acids is 1.